The minimum atomic E-state index is 0. The Labute approximate surface area is 159 Å². The Kier molecular flexibility index (Phi) is 5.27. The maximum absolute atomic E-state index is 4.35. The lowest BCUT2D eigenvalue weighted by molar-refractivity contribution is 0.106. The van der Waals surface area contributed by atoms with Gasteiger partial charge in [0.15, 0.2) is 17.4 Å². The van der Waals surface area contributed by atoms with Crippen molar-refractivity contribution in [3.8, 4) is 0 Å². The number of aromatic nitrogens is 3. The summed E-state index contributed by atoms with van der Waals surface area (Å²) in [6.07, 6.45) is 8.95. The average molecular weight is 440 g/mol. The zero-order valence-electron chi connectivity index (χ0n) is 14.0. The lowest BCUT2D eigenvalue weighted by atomic mass is 9.65. The normalized spacial score (nSPS) is 19.5. The van der Waals surface area contributed by atoms with E-state index < -0.39 is 0 Å². The third-order valence-corrected chi connectivity index (χ3v) is 5.42. The number of hydrogen-bond acceptors (Lipinski definition) is 3. The summed E-state index contributed by atoms with van der Waals surface area (Å²) >= 11 is 0. The minimum Gasteiger partial charge on any atom is -0.356 e. The van der Waals surface area contributed by atoms with E-state index in [1.807, 2.05) is 35.8 Å². The Morgan fingerprint density at radius 3 is 2.79 bits per heavy atom. The molecule has 0 aliphatic heterocycles. The summed E-state index contributed by atoms with van der Waals surface area (Å²) in [5.41, 5.74) is 1.41. The van der Waals surface area contributed by atoms with E-state index in [9.17, 15) is 0 Å². The smallest absolute Gasteiger partial charge is 0.191 e. The fourth-order valence-electron chi connectivity index (χ4n) is 3.71. The summed E-state index contributed by atoms with van der Waals surface area (Å²) < 4.78 is 2.00. The molecule has 130 valence electrons. The molecule has 2 saturated carbocycles. The summed E-state index contributed by atoms with van der Waals surface area (Å²) in [4.78, 5) is 4.35. The van der Waals surface area contributed by atoms with Gasteiger partial charge in [-0.25, -0.2) is 0 Å². The van der Waals surface area contributed by atoms with Crippen LogP contribution in [-0.2, 0) is 6.54 Å². The van der Waals surface area contributed by atoms with Gasteiger partial charge in [-0.2, -0.15) is 0 Å². The first-order chi connectivity index (χ1) is 11.3. The molecule has 0 spiro atoms. The molecule has 0 saturated heterocycles. The van der Waals surface area contributed by atoms with Crippen LogP contribution in [0.3, 0.4) is 0 Å². The predicted molar refractivity (Wildman–Crippen MR) is 106 cm³/mol. The molecule has 2 aliphatic carbocycles. The molecular weight excluding hydrogens is 415 g/mol. The zero-order chi connectivity index (χ0) is 15.7. The van der Waals surface area contributed by atoms with Crippen LogP contribution in [0.2, 0.25) is 0 Å². The molecule has 6 nitrogen and oxygen atoms in total. The van der Waals surface area contributed by atoms with E-state index in [2.05, 4.69) is 25.8 Å². The molecule has 0 atom stereocenters. The number of nitrogens with zero attached hydrogens (tertiary/aromatic N) is 4. The summed E-state index contributed by atoms with van der Waals surface area (Å²) in [6, 6.07) is 5.92. The van der Waals surface area contributed by atoms with Crippen molar-refractivity contribution in [2.24, 2.45) is 16.3 Å². The van der Waals surface area contributed by atoms with Crippen molar-refractivity contribution in [1.29, 1.82) is 0 Å². The third kappa shape index (κ3) is 3.36. The van der Waals surface area contributed by atoms with E-state index in [0.717, 1.165) is 29.9 Å². The summed E-state index contributed by atoms with van der Waals surface area (Å²) in [5.74, 6) is 2.69. The first kappa shape index (κ1) is 17.4. The van der Waals surface area contributed by atoms with Crippen LogP contribution >= 0.6 is 24.0 Å². The number of nitrogens with one attached hydrogen (secondary N) is 2. The Bertz CT molecular complexity index is 717. The van der Waals surface area contributed by atoms with Crippen molar-refractivity contribution in [3.63, 3.8) is 0 Å². The van der Waals surface area contributed by atoms with Gasteiger partial charge in [-0.15, -0.1) is 34.2 Å². The Hall–Kier alpha value is -1.38. The van der Waals surface area contributed by atoms with Crippen LogP contribution in [-0.4, -0.2) is 34.2 Å². The fourth-order valence-corrected chi connectivity index (χ4v) is 3.71. The van der Waals surface area contributed by atoms with Crippen molar-refractivity contribution in [1.82, 2.24) is 25.2 Å². The van der Waals surface area contributed by atoms with E-state index in [4.69, 9.17) is 0 Å². The zero-order valence-corrected chi connectivity index (χ0v) is 16.4. The first-order valence-electron chi connectivity index (χ1n) is 8.54. The molecule has 24 heavy (non-hydrogen) atoms. The average Bonchev–Trinajstić information content (AvgIpc) is 3.30. The third-order valence-electron chi connectivity index (χ3n) is 5.42. The van der Waals surface area contributed by atoms with Crippen LogP contribution in [0.15, 0.2) is 29.4 Å². The lowest BCUT2D eigenvalue weighted by Gasteiger charge is -2.43. The second-order valence-electron chi connectivity index (χ2n) is 6.81. The topological polar surface area (TPSA) is 66.6 Å². The van der Waals surface area contributed by atoms with Crippen molar-refractivity contribution in [2.75, 3.05) is 13.6 Å². The molecule has 7 heteroatoms. The fraction of sp³-hybridized carbons (Fsp3) is 0.588. The molecular formula is C17H25IN6. The van der Waals surface area contributed by atoms with Crippen molar-refractivity contribution >= 4 is 35.6 Å². The number of halogens is 1. The highest BCUT2D eigenvalue weighted by atomic mass is 127. The van der Waals surface area contributed by atoms with E-state index in [-0.39, 0.29) is 24.0 Å². The molecule has 2 aromatic heterocycles. The van der Waals surface area contributed by atoms with Crippen LogP contribution < -0.4 is 10.6 Å². The van der Waals surface area contributed by atoms with Crippen LogP contribution in [0.1, 0.15) is 37.9 Å². The van der Waals surface area contributed by atoms with Crippen LogP contribution in [0.4, 0.5) is 0 Å². The SMILES string of the molecule is CN=C(NCc1nnc2ccccn12)NCC1(C2CC2)CCC1.I. The van der Waals surface area contributed by atoms with Crippen LogP contribution in [0.25, 0.3) is 5.65 Å². The van der Waals surface area contributed by atoms with E-state index in [1.54, 1.807) is 0 Å². The maximum atomic E-state index is 4.35. The summed E-state index contributed by atoms with van der Waals surface area (Å²) in [6.45, 7) is 1.65. The van der Waals surface area contributed by atoms with Crippen LogP contribution in [0.5, 0.6) is 0 Å². The quantitative estimate of drug-likeness (QED) is 0.426. The molecule has 0 bridgehead atoms. The van der Waals surface area contributed by atoms with Gasteiger partial charge in [0, 0.05) is 19.8 Å². The highest BCUT2D eigenvalue weighted by molar-refractivity contribution is 14.0. The molecule has 0 aromatic carbocycles. The molecule has 0 amide bonds. The monoisotopic (exact) mass is 440 g/mol. The minimum absolute atomic E-state index is 0. The van der Waals surface area contributed by atoms with E-state index in [0.29, 0.717) is 12.0 Å². The van der Waals surface area contributed by atoms with Crippen molar-refractivity contribution < 1.29 is 0 Å². The van der Waals surface area contributed by atoms with Crippen molar-refractivity contribution in [3.05, 3.63) is 30.2 Å². The van der Waals surface area contributed by atoms with Gasteiger partial charge in [-0.05, 0) is 49.1 Å². The molecule has 2 fully saturated rings. The van der Waals surface area contributed by atoms with Gasteiger partial charge >= 0.3 is 0 Å². The molecule has 2 aliphatic rings. The van der Waals surface area contributed by atoms with Crippen LogP contribution in [0, 0.1) is 11.3 Å². The number of fused-ring (bicyclic) bond motifs is 1. The van der Waals surface area contributed by atoms with Gasteiger partial charge in [0.2, 0.25) is 0 Å². The Balaban J connectivity index is 0.00000169. The standard InChI is InChI=1S/C17H24N6.HI/c1-18-16(20-12-17(8-4-9-17)13-6-7-13)19-11-15-22-21-14-5-2-3-10-23(14)15;/h2-3,5,10,13H,4,6-9,11-12H2,1H3,(H2,18,19,20);1H. The number of pyridine rings is 1. The summed E-state index contributed by atoms with van der Waals surface area (Å²) in [7, 11) is 1.82. The first-order valence-corrected chi connectivity index (χ1v) is 8.54. The maximum Gasteiger partial charge on any atom is 0.191 e. The second-order valence-corrected chi connectivity index (χ2v) is 6.81. The van der Waals surface area contributed by atoms with E-state index >= 15 is 0 Å². The van der Waals surface area contributed by atoms with E-state index in [1.165, 1.54) is 32.1 Å². The largest absolute Gasteiger partial charge is 0.356 e. The van der Waals surface area contributed by atoms with Crippen molar-refractivity contribution in [2.45, 2.75) is 38.6 Å². The van der Waals surface area contributed by atoms with Gasteiger partial charge in [-0.1, -0.05) is 12.5 Å². The Morgan fingerprint density at radius 1 is 1.29 bits per heavy atom. The molecule has 2 heterocycles. The molecule has 4 rings (SSSR count). The molecule has 0 radical (unpaired) electrons. The molecule has 2 N–H and O–H groups in total. The highest BCUT2D eigenvalue weighted by Gasteiger charge is 2.48. The Morgan fingerprint density at radius 2 is 2.12 bits per heavy atom. The van der Waals surface area contributed by atoms with Gasteiger partial charge in [0.05, 0.1) is 6.54 Å². The summed E-state index contributed by atoms with van der Waals surface area (Å²) in [5, 5.41) is 15.3. The number of rotatable bonds is 5. The molecule has 2 aromatic rings. The number of aliphatic imine (C=N–C) groups is 1. The number of hydrogen-bond donors (Lipinski definition) is 2. The highest BCUT2D eigenvalue weighted by Crippen LogP contribution is 2.56. The van der Waals surface area contributed by atoms with Gasteiger partial charge in [-0.3, -0.25) is 9.39 Å². The lowest BCUT2D eigenvalue weighted by Crippen LogP contribution is -2.47. The molecule has 0 unspecified atom stereocenters. The number of guanidine groups is 1. The second kappa shape index (κ2) is 7.25. The van der Waals surface area contributed by atoms with Gasteiger partial charge in [0.1, 0.15) is 0 Å². The van der Waals surface area contributed by atoms with Gasteiger partial charge < -0.3 is 10.6 Å². The van der Waals surface area contributed by atoms with Gasteiger partial charge in [0.25, 0.3) is 0 Å². The predicted octanol–water partition coefficient (Wildman–Crippen LogP) is 2.59.